The molecule has 1 aromatic heterocycles. The molecule has 0 bridgehead atoms. The molecular weight excluding hydrogens is 384 g/mol. The minimum atomic E-state index is -5.03. The van der Waals surface area contributed by atoms with Crippen molar-refractivity contribution in [1.82, 2.24) is 15.1 Å². The molecule has 0 fully saturated rings. The molecule has 1 aliphatic rings. The Balaban J connectivity index is 1.86. The maximum atomic E-state index is 13.7. The summed E-state index contributed by atoms with van der Waals surface area (Å²) in [6.07, 6.45) is -2.00. The summed E-state index contributed by atoms with van der Waals surface area (Å²) in [4.78, 5) is 25.9. The summed E-state index contributed by atoms with van der Waals surface area (Å²) in [7, 11) is 0. The van der Waals surface area contributed by atoms with E-state index in [4.69, 9.17) is 5.11 Å². The van der Waals surface area contributed by atoms with Crippen molar-refractivity contribution in [3.05, 3.63) is 65.2 Å². The van der Waals surface area contributed by atoms with Gasteiger partial charge in [0.2, 0.25) is 0 Å². The van der Waals surface area contributed by atoms with Gasteiger partial charge in [-0.1, -0.05) is 6.07 Å². The molecule has 0 unspecified atom stereocenters. The van der Waals surface area contributed by atoms with Crippen LogP contribution in [-0.4, -0.2) is 45.3 Å². The van der Waals surface area contributed by atoms with E-state index in [9.17, 15) is 27.2 Å². The minimum absolute atomic E-state index is 0.00375. The standard InChI is InChI=1S/C17H12F4N4O3/c18-11-4-1-3-10(14(11)17(19,20)21)15(26)25-8-2-7-24(9-25)13-6-5-12(16(27)28)22-23-13/h1-7H,8-9H2,(H,27,28). The van der Waals surface area contributed by atoms with Crippen molar-refractivity contribution in [3.63, 3.8) is 0 Å². The number of alkyl halides is 3. The quantitative estimate of drug-likeness (QED) is 0.803. The van der Waals surface area contributed by atoms with E-state index in [1.807, 2.05) is 0 Å². The normalized spacial score (nSPS) is 14.3. The summed E-state index contributed by atoms with van der Waals surface area (Å²) in [6.45, 7) is -0.173. The summed E-state index contributed by atoms with van der Waals surface area (Å²) in [5.41, 5.74) is -2.70. The maximum Gasteiger partial charge on any atom is 0.420 e. The Labute approximate surface area is 155 Å². The molecule has 0 atom stereocenters. The molecule has 0 saturated carbocycles. The average Bonchev–Trinajstić information content (AvgIpc) is 2.66. The molecule has 1 aliphatic heterocycles. The number of carboxylic acids is 1. The highest BCUT2D eigenvalue weighted by molar-refractivity contribution is 5.96. The number of carbonyl (C=O) groups is 2. The van der Waals surface area contributed by atoms with Gasteiger partial charge in [0.05, 0.1) is 12.2 Å². The molecule has 0 saturated heterocycles. The summed E-state index contributed by atoms with van der Waals surface area (Å²) in [5.74, 6) is -3.61. The number of rotatable bonds is 3. The van der Waals surface area contributed by atoms with Crippen LogP contribution < -0.4 is 4.90 Å². The number of aromatic carboxylic acids is 1. The largest absolute Gasteiger partial charge is 0.476 e. The van der Waals surface area contributed by atoms with E-state index in [0.29, 0.717) is 6.07 Å². The summed E-state index contributed by atoms with van der Waals surface area (Å²) in [5, 5.41) is 16.1. The monoisotopic (exact) mass is 396 g/mol. The summed E-state index contributed by atoms with van der Waals surface area (Å²) in [6, 6.07) is 5.14. The molecule has 2 aromatic rings. The van der Waals surface area contributed by atoms with Crippen LogP contribution in [0.2, 0.25) is 0 Å². The predicted octanol–water partition coefficient (Wildman–Crippen LogP) is 2.77. The van der Waals surface area contributed by atoms with E-state index in [-0.39, 0.29) is 24.7 Å². The zero-order chi connectivity index (χ0) is 20.5. The molecule has 1 N–H and O–H groups in total. The van der Waals surface area contributed by atoms with Gasteiger partial charge in [0, 0.05) is 12.7 Å². The molecule has 7 nitrogen and oxygen atoms in total. The first kappa shape index (κ1) is 19.3. The first-order chi connectivity index (χ1) is 13.2. The molecule has 3 rings (SSSR count). The fourth-order valence-electron chi connectivity index (χ4n) is 2.64. The van der Waals surface area contributed by atoms with Crippen molar-refractivity contribution >= 4 is 17.7 Å². The molecule has 28 heavy (non-hydrogen) atoms. The minimum Gasteiger partial charge on any atom is -0.476 e. The SMILES string of the molecule is O=C(O)c1ccc(N2C=CCN(C(=O)c3cccc(F)c3C(F)(F)F)C2)nn1. The van der Waals surface area contributed by atoms with Gasteiger partial charge in [0.25, 0.3) is 5.91 Å². The van der Waals surface area contributed by atoms with Gasteiger partial charge in [-0.25, -0.2) is 9.18 Å². The molecular formula is C17H12F4N4O3. The van der Waals surface area contributed by atoms with Crippen LogP contribution in [0, 0.1) is 5.82 Å². The Hall–Kier alpha value is -3.50. The van der Waals surface area contributed by atoms with Crippen molar-refractivity contribution in [2.75, 3.05) is 18.1 Å². The zero-order valence-electron chi connectivity index (χ0n) is 14.0. The zero-order valence-corrected chi connectivity index (χ0v) is 14.0. The third-order valence-corrected chi connectivity index (χ3v) is 3.91. The van der Waals surface area contributed by atoms with Crippen molar-refractivity contribution in [3.8, 4) is 0 Å². The molecule has 0 aliphatic carbocycles. The Morgan fingerprint density at radius 2 is 1.86 bits per heavy atom. The number of nitrogens with zero attached hydrogens (tertiary/aromatic N) is 4. The highest BCUT2D eigenvalue weighted by atomic mass is 19.4. The summed E-state index contributed by atoms with van der Waals surface area (Å²) < 4.78 is 53.3. The lowest BCUT2D eigenvalue weighted by Crippen LogP contribution is -2.43. The molecule has 11 heteroatoms. The summed E-state index contributed by atoms with van der Waals surface area (Å²) >= 11 is 0. The number of hydrogen-bond donors (Lipinski definition) is 1. The second kappa shape index (κ2) is 7.25. The number of benzene rings is 1. The van der Waals surface area contributed by atoms with Crippen LogP contribution in [0.1, 0.15) is 26.4 Å². The van der Waals surface area contributed by atoms with E-state index in [0.717, 1.165) is 17.0 Å². The number of aromatic nitrogens is 2. The Kier molecular flexibility index (Phi) is 4.99. The number of anilines is 1. The van der Waals surface area contributed by atoms with Gasteiger partial charge in [0.15, 0.2) is 11.5 Å². The van der Waals surface area contributed by atoms with Gasteiger partial charge in [-0.3, -0.25) is 4.79 Å². The highest BCUT2D eigenvalue weighted by Crippen LogP contribution is 2.34. The van der Waals surface area contributed by atoms with Crippen molar-refractivity contribution in [2.24, 2.45) is 0 Å². The molecule has 1 aromatic carbocycles. The molecule has 2 heterocycles. The molecule has 146 valence electrons. The van der Waals surface area contributed by atoms with Gasteiger partial charge >= 0.3 is 12.1 Å². The van der Waals surface area contributed by atoms with Crippen LogP contribution in [0.4, 0.5) is 23.4 Å². The van der Waals surface area contributed by atoms with Gasteiger partial charge in [-0.05, 0) is 30.3 Å². The second-order valence-corrected chi connectivity index (χ2v) is 5.77. The topological polar surface area (TPSA) is 86.6 Å². The number of amides is 1. The van der Waals surface area contributed by atoms with Crippen LogP contribution in [0.5, 0.6) is 0 Å². The van der Waals surface area contributed by atoms with E-state index < -0.39 is 35.0 Å². The van der Waals surface area contributed by atoms with Gasteiger partial charge in [-0.2, -0.15) is 13.2 Å². The lowest BCUT2D eigenvalue weighted by molar-refractivity contribution is -0.140. The predicted molar refractivity (Wildman–Crippen MR) is 87.9 cm³/mol. The van der Waals surface area contributed by atoms with E-state index in [1.54, 1.807) is 0 Å². The Morgan fingerprint density at radius 3 is 2.46 bits per heavy atom. The third kappa shape index (κ3) is 3.77. The van der Waals surface area contributed by atoms with Crippen LogP contribution >= 0.6 is 0 Å². The van der Waals surface area contributed by atoms with E-state index >= 15 is 0 Å². The molecule has 1 amide bonds. The van der Waals surface area contributed by atoms with Crippen molar-refractivity contribution in [1.29, 1.82) is 0 Å². The van der Waals surface area contributed by atoms with Crippen molar-refractivity contribution in [2.45, 2.75) is 6.18 Å². The van der Waals surface area contributed by atoms with Gasteiger partial charge in [-0.15, -0.1) is 10.2 Å². The lowest BCUT2D eigenvalue weighted by Gasteiger charge is -2.32. The first-order valence-corrected chi connectivity index (χ1v) is 7.84. The Bertz CT molecular complexity index is 944. The smallest absolute Gasteiger partial charge is 0.420 e. The number of carbonyl (C=O) groups excluding carboxylic acids is 1. The van der Waals surface area contributed by atoms with Gasteiger partial charge in [0.1, 0.15) is 11.4 Å². The number of hydrogen-bond acceptors (Lipinski definition) is 5. The number of halogens is 4. The van der Waals surface area contributed by atoms with Crippen LogP contribution in [0.15, 0.2) is 42.6 Å². The fourth-order valence-corrected chi connectivity index (χ4v) is 2.64. The van der Waals surface area contributed by atoms with Crippen LogP contribution in [-0.2, 0) is 6.18 Å². The highest BCUT2D eigenvalue weighted by Gasteiger charge is 2.39. The second-order valence-electron chi connectivity index (χ2n) is 5.77. The maximum absolute atomic E-state index is 13.7. The van der Waals surface area contributed by atoms with E-state index in [2.05, 4.69) is 10.2 Å². The van der Waals surface area contributed by atoms with E-state index in [1.165, 1.54) is 29.3 Å². The molecule has 0 spiro atoms. The first-order valence-electron chi connectivity index (χ1n) is 7.84. The average molecular weight is 396 g/mol. The van der Waals surface area contributed by atoms with Gasteiger partial charge < -0.3 is 14.9 Å². The Morgan fingerprint density at radius 1 is 1.11 bits per heavy atom. The number of carboxylic acid groups (broad SMARTS) is 1. The fraction of sp³-hybridized carbons (Fsp3) is 0.176. The van der Waals surface area contributed by atoms with Crippen LogP contribution in [0.3, 0.4) is 0 Å². The third-order valence-electron chi connectivity index (χ3n) is 3.91. The molecule has 0 radical (unpaired) electrons. The van der Waals surface area contributed by atoms with Crippen molar-refractivity contribution < 1.29 is 32.3 Å². The van der Waals surface area contributed by atoms with Crippen LogP contribution in [0.25, 0.3) is 0 Å². The lowest BCUT2D eigenvalue weighted by atomic mass is 10.0.